The second-order valence-electron chi connectivity index (χ2n) is 2.18. The highest BCUT2D eigenvalue weighted by molar-refractivity contribution is 14.1. The molecule has 0 aliphatic rings. The molecule has 62 valence electrons. The first-order chi connectivity index (χ1) is 5.70. The van der Waals surface area contributed by atoms with Crippen molar-refractivity contribution >= 4 is 28.2 Å². The Balaban J connectivity index is 3.09. The summed E-state index contributed by atoms with van der Waals surface area (Å²) in [6.07, 6.45) is 2.44. The monoisotopic (exact) mass is 279 g/mol. The standard InChI is InChI=1S/C6H3FIN3O/c7-3-1-10-6(12)11-4(8)2-9-5(3)11/h1-2H,(H,10,12). The lowest BCUT2D eigenvalue weighted by Crippen LogP contribution is -2.17. The Morgan fingerprint density at radius 2 is 2.42 bits per heavy atom. The molecule has 0 amide bonds. The number of nitrogens with one attached hydrogen (secondary N) is 1. The van der Waals surface area contributed by atoms with Gasteiger partial charge < -0.3 is 4.98 Å². The van der Waals surface area contributed by atoms with E-state index in [4.69, 9.17) is 0 Å². The molecule has 0 spiro atoms. The number of hydrogen-bond donors (Lipinski definition) is 1. The van der Waals surface area contributed by atoms with Gasteiger partial charge in [-0.25, -0.2) is 18.6 Å². The third-order valence-corrected chi connectivity index (χ3v) is 2.22. The number of nitrogens with zero attached hydrogens (tertiary/aromatic N) is 2. The fraction of sp³-hybridized carbons (Fsp3) is 0. The van der Waals surface area contributed by atoms with Gasteiger partial charge >= 0.3 is 5.69 Å². The maximum atomic E-state index is 12.9. The first-order valence-electron chi connectivity index (χ1n) is 3.10. The third kappa shape index (κ3) is 0.942. The Morgan fingerprint density at radius 3 is 3.08 bits per heavy atom. The highest BCUT2D eigenvalue weighted by Gasteiger charge is 2.07. The van der Waals surface area contributed by atoms with E-state index < -0.39 is 5.82 Å². The van der Waals surface area contributed by atoms with Gasteiger partial charge in [-0.05, 0) is 22.6 Å². The summed E-state index contributed by atoms with van der Waals surface area (Å²) < 4.78 is 14.7. The van der Waals surface area contributed by atoms with Gasteiger partial charge in [0.1, 0.15) is 3.70 Å². The average Bonchev–Trinajstić information content (AvgIpc) is 2.42. The number of hydrogen-bond acceptors (Lipinski definition) is 2. The van der Waals surface area contributed by atoms with Crippen LogP contribution in [0.3, 0.4) is 0 Å². The number of H-pyrrole nitrogens is 1. The van der Waals surface area contributed by atoms with Crippen molar-refractivity contribution in [1.29, 1.82) is 0 Å². The first kappa shape index (κ1) is 7.71. The molecule has 0 unspecified atom stereocenters. The largest absolute Gasteiger partial charge is 0.332 e. The molecule has 2 heterocycles. The Kier molecular flexibility index (Phi) is 1.63. The molecule has 0 aromatic carbocycles. The summed E-state index contributed by atoms with van der Waals surface area (Å²) in [6.45, 7) is 0. The Bertz CT molecular complexity index is 489. The van der Waals surface area contributed by atoms with E-state index in [1.807, 2.05) is 22.6 Å². The number of rotatable bonds is 0. The van der Waals surface area contributed by atoms with Gasteiger partial charge in [0, 0.05) is 6.20 Å². The van der Waals surface area contributed by atoms with Gasteiger partial charge in [0.05, 0.1) is 6.20 Å². The van der Waals surface area contributed by atoms with Gasteiger partial charge in [-0.3, -0.25) is 0 Å². The maximum absolute atomic E-state index is 12.9. The van der Waals surface area contributed by atoms with Crippen molar-refractivity contribution in [3.8, 4) is 0 Å². The molecule has 2 rings (SSSR count). The van der Waals surface area contributed by atoms with Crippen molar-refractivity contribution < 1.29 is 4.39 Å². The summed E-state index contributed by atoms with van der Waals surface area (Å²) >= 11 is 1.91. The number of aromatic amines is 1. The Labute approximate surface area is 79.6 Å². The van der Waals surface area contributed by atoms with Crippen LogP contribution >= 0.6 is 22.6 Å². The van der Waals surface area contributed by atoms with E-state index in [0.717, 1.165) is 6.20 Å². The molecule has 2 aromatic rings. The van der Waals surface area contributed by atoms with Gasteiger partial charge in [0.2, 0.25) is 0 Å². The second kappa shape index (κ2) is 2.54. The lowest BCUT2D eigenvalue weighted by atomic mass is 10.6. The van der Waals surface area contributed by atoms with Crippen LogP contribution in [-0.4, -0.2) is 14.4 Å². The molecule has 0 bridgehead atoms. The molecule has 2 aromatic heterocycles. The number of aromatic nitrogens is 3. The van der Waals surface area contributed by atoms with E-state index in [2.05, 4.69) is 9.97 Å². The van der Waals surface area contributed by atoms with Gasteiger partial charge in [-0.15, -0.1) is 0 Å². The molecule has 0 radical (unpaired) electrons. The van der Waals surface area contributed by atoms with E-state index in [1.165, 1.54) is 10.6 Å². The quantitative estimate of drug-likeness (QED) is 0.724. The zero-order chi connectivity index (χ0) is 8.72. The van der Waals surface area contributed by atoms with Crippen molar-refractivity contribution in [2.24, 2.45) is 0 Å². The summed E-state index contributed by atoms with van der Waals surface area (Å²) in [4.78, 5) is 17.1. The summed E-state index contributed by atoms with van der Waals surface area (Å²) in [7, 11) is 0. The molecule has 0 fully saturated rings. The molecular weight excluding hydrogens is 276 g/mol. The fourth-order valence-electron chi connectivity index (χ4n) is 0.947. The predicted molar refractivity (Wildman–Crippen MR) is 48.5 cm³/mol. The van der Waals surface area contributed by atoms with Crippen LogP contribution in [0.5, 0.6) is 0 Å². The number of fused-ring (bicyclic) bond motifs is 1. The highest BCUT2D eigenvalue weighted by Crippen LogP contribution is 2.07. The molecule has 12 heavy (non-hydrogen) atoms. The topological polar surface area (TPSA) is 50.2 Å². The van der Waals surface area contributed by atoms with E-state index in [1.54, 1.807) is 0 Å². The van der Waals surface area contributed by atoms with Gasteiger partial charge in [0.25, 0.3) is 0 Å². The summed E-state index contributed by atoms with van der Waals surface area (Å²) in [5.74, 6) is -0.530. The van der Waals surface area contributed by atoms with Crippen LogP contribution in [0.2, 0.25) is 0 Å². The van der Waals surface area contributed by atoms with Crippen molar-refractivity contribution in [1.82, 2.24) is 14.4 Å². The Hall–Kier alpha value is -0.920. The molecule has 4 nitrogen and oxygen atoms in total. The first-order valence-corrected chi connectivity index (χ1v) is 4.18. The van der Waals surface area contributed by atoms with Crippen LogP contribution in [-0.2, 0) is 0 Å². The molecular formula is C6H3FIN3O. The molecule has 0 saturated carbocycles. The van der Waals surface area contributed by atoms with Crippen LogP contribution in [0.4, 0.5) is 4.39 Å². The summed E-state index contributed by atoms with van der Waals surface area (Å²) in [5, 5.41) is 0. The minimum absolute atomic E-state index is 0.0585. The van der Waals surface area contributed by atoms with Crippen molar-refractivity contribution in [3.05, 3.63) is 32.4 Å². The van der Waals surface area contributed by atoms with Crippen LogP contribution in [0.25, 0.3) is 5.65 Å². The lowest BCUT2D eigenvalue weighted by Gasteiger charge is -1.93. The van der Waals surface area contributed by atoms with E-state index >= 15 is 0 Å². The third-order valence-electron chi connectivity index (χ3n) is 1.46. The minimum atomic E-state index is -0.530. The zero-order valence-corrected chi connectivity index (χ0v) is 7.87. The van der Waals surface area contributed by atoms with Crippen molar-refractivity contribution in [3.63, 3.8) is 0 Å². The predicted octanol–water partition coefficient (Wildman–Crippen LogP) is 0.766. The van der Waals surface area contributed by atoms with Gasteiger partial charge in [-0.2, -0.15) is 0 Å². The van der Waals surface area contributed by atoms with Crippen molar-refractivity contribution in [2.75, 3.05) is 0 Å². The molecule has 0 saturated heterocycles. The van der Waals surface area contributed by atoms with Crippen LogP contribution in [0.1, 0.15) is 0 Å². The fourth-order valence-corrected chi connectivity index (χ4v) is 1.53. The van der Waals surface area contributed by atoms with E-state index in [9.17, 15) is 9.18 Å². The normalized spacial score (nSPS) is 10.8. The average molecular weight is 279 g/mol. The smallest absolute Gasteiger partial charge is 0.311 e. The molecule has 0 atom stereocenters. The van der Waals surface area contributed by atoms with Gasteiger partial charge in [-0.1, -0.05) is 0 Å². The zero-order valence-electron chi connectivity index (χ0n) is 5.71. The molecule has 0 aliphatic heterocycles. The van der Waals surface area contributed by atoms with Gasteiger partial charge in [0.15, 0.2) is 11.5 Å². The van der Waals surface area contributed by atoms with Crippen molar-refractivity contribution in [2.45, 2.75) is 0 Å². The second-order valence-corrected chi connectivity index (χ2v) is 3.29. The Morgan fingerprint density at radius 1 is 1.67 bits per heavy atom. The maximum Gasteiger partial charge on any atom is 0.332 e. The van der Waals surface area contributed by atoms with Crippen LogP contribution in [0, 0.1) is 9.52 Å². The SMILES string of the molecule is O=c1[nH]cc(F)c2ncc(I)n12. The summed E-state index contributed by atoms with van der Waals surface area (Å²) in [5.41, 5.74) is -0.323. The molecule has 1 N–H and O–H groups in total. The van der Waals surface area contributed by atoms with E-state index in [-0.39, 0.29) is 11.3 Å². The lowest BCUT2D eigenvalue weighted by molar-refractivity contribution is 0.618. The molecule has 0 aliphatic carbocycles. The van der Waals surface area contributed by atoms with Crippen LogP contribution in [0.15, 0.2) is 17.2 Å². The summed E-state index contributed by atoms with van der Waals surface area (Å²) in [6, 6.07) is 0. The number of halogens is 2. The highest BCUT2D eigenvalue weighted by atomic mass is 127. The molecule has 6 heteroatoms. The van der Waals surface area contributed by atoms with Crippen LogP contribution < -0.4 is 5.69 Å². The minimum Gasteiger partial charge on any atom is -0.311 e. The number of imidazole rings is 1. The van der Waals surface area contributed by atoms with E-state index in [0.29, 0.717) is 3.70 Å².